The second-order valence-electron chi connectivity index (χ2n) is 2.19. The molecule has 0 aromatic rings. The van der Waals surface area contributed by atoms with Gasteiger partial charge in [-0.05, 0) is 6.42 Å². The first-order chi connectivity index (χ1) is 4.39. The van der Waals surface area contributed by atoms with Crippen molar-refractivity contribution in [1.82, 2.24) is 0 Å². The first-order valence-electron chi connectivity index (χ1n) is 2.99. The van der Waals surface area contributed by atoms with Gasteiger partial charge in [0, 0.05) is 5.92 Å². The molecule has 0 heterocycles. The van der Waals surface area contributed by atoms with Crippen LogP contribution in [0.5, 0.6) is 0 Å². The Bertz CT molecular complexity index is 170. The fourth-order valence-corrected chi connectivity index (χ4v) is 1.22. The van der Waals surface area contributed by atoms with Gasteiger partial charge in [-0.1, -0.05) is 13.8 Å². The lowest BCUT2D eigenvalue weighted by Crippen LogP contribution is -2.09. The van der Waals surface area contributed by atoms with Crippen molar-refractivity contribution in [3.63, 3.8) is 0 Å². The second-order valence-corrected chi connectivity index (χ2v) is 3.72. The SMILES string of the molecule is CCC(C)C(=O)P(=O)(O)O. The van der Waals surface area contributed by atoms with Crippen molar-refractivity contribution in [2.45, 2.75) is 20.3 Å². The summed E-state index contributed by atoms with van der Waals surface area (Å²) in [6, 6.07) is 0. The second kappa shape index (κ2) is 3.28. The average molecular weight is 166 g/mol. The monoisotopic (exact) mass is 166 g/mol. The van der Waals surface area contributed by atoms with Crippen LogP contribution in [0.25, 0.3) is 0 Å². The maximum atomic E-state index is 10.6. The van der Waals surface area contributed by atoms with Crippen LogP contribution in [0.15, 0.2) is 0 Å². The summed E-state index contributed by atoms with van der Waals surface area (Å²) in [6.07, 6.45) is 0.462. The molecule has 0 spiro atoms. The van der Waals surface area contributed by atoms with Gasteiger partial charge in [0.1, 0.15) is 0 Å². The van der Waals surface area contributed by atoms with Gasteiger partial charge in [0.2, 0.25) is 5.52 Å². The van der Waals surface area contributed by atoms with Gasteiger partial charge in [0.05, 0.1) is 0 Å². The van der Waals surface area contributed by atoms with E-state index in [-0.39, 0.29) is 0 Å². The Hall–Kier alpha value is -0.180. The maximum absolute atomic E-state index is 10.6. The van der Waals surface area contributed by atoms with E-state index in [1.165, 1.54) is 6.92 Å². The van der Waals surface area contributed by atoms with Crippen LogP contribution in [0.4, 0.5) is 0 Å². The van der Waals surface area contributed by atoms with Gasteiger partial charge in [-0.15, -0.1) is 0 Å². The molecule has 5 heteroatoms. The Kier molecular flexibility index (Phi) is 3.22. The summed E-state index contributed by atoms with van der Waals surface area (Å²) in [5.41, 5.74) is -0.963. The predicted molar refractivity (Wildman–Crippen MR) is 36.5 cm³/mol. The Morgan fingerprint density at radius 3 is 2.10 bits per heavy atom. The summed E-state index contributed by atoms with van der Waals surface area (Å²) in [5.74, 6) is -0.541. The lowest BCUT2D eigenvalue weighted by Gasteiger charge is -2.06. The van der Waals surface area contributed by atoms with Gasteiger partial charge in [0.15, 0.2) is 0 Å². The quantitative estimate of drug-likeness (QED) is 0.606. The zero-order valence-electron chi connectivity index (χ0n) is 5.94. The highest BCUT2D eigenvalue weighted by molar-refractivity contribution is 7.70. The van der Waals surface area contributed by atoms with E-state index in [1.54, 1.807) is 6.92 Å². The molecule has 1 atom stereocenters. The van der Waals surface area contributed by atoms with Crippen molar-refractivity contribution in [3.8, 4) is 0 Å². The Labute approximate surface area is 59.4 Å². The van der Waals surface area contributed by atoms with E-state index in [2.05, 4.69) is 0 Å². The normalized spacial score (nSPS) is 14.8. The van der Waals surface area contributed by atoms with Gasteiger partial charge < -0.3 is 9.79 Å². The van der Waals surface area contributed by atoms with Crippen LogP contribution in [0.1, 0.15) is 20.3 Å². The predicted octanol–water partition coefficient (Wildman–Crippen LogP) is 0.737. The van der Waals surface area contributed by atoms with E-state index >= 15 is 0 Å². The average Bonchev–Trinajstić information content (AvgIpc) is 1.83. The number of carbonyl (C=O) groups is 1. The fourth-order valence-electron chi connectivity index (χ4n) is 0.462. The highest BCUT2D eigenvalue weighted by Gasteiger charge is 2.29. The highest BCUT2D eigenvalue weighted by atomic mass is 31.2. The summed E-state index contributed by atoms with van der Waals surface area (Å²) in [7, 11) is -4.47. The molecule has 2 N–H and O–H groups in total. The molecule has 0 saturated heterocycles. The summed E-state index contributed by atoms with van der Waals surface area (Å²) < 4.78 is 10.3. The summed E-state index contributed by atoms with van der Waals surface area (Å²) >= 11 is 0. The van der Waals surface area contributed by atoms with Gasteiger partial charge in [0.25, 0.3) is 0 Å². The zero-order valence-corrected chi connectivity index (χ0v) is 6.84. The zero-order chi connectivity index (χ0) is 8.36. The van der Waals surface area contributed by atoms with E-state index in [0.29, 0.717) is 6.42 Å². The number of hydrogen-bond acceptors (Lipinski definition) is 2. The van der Waals surface area contributed by atoms with Crippen LogP contribution in [0.2, 0.25) is 0 Å². The largest absolute Gasteiger partial charge is 0.391 e. The van der Waals surface area contributed by atoms with Crippen LogP contribution in [-0.4, -0.2) is 15.3 Å². The van der Waals surface area contributed by atoms with E-state index in [9.17, 15) is 9.36 Å². The molecule has 60 valence electrons. The van der Waals surface area contributed by atoms with E-state index in [1.807, 2.05) is 0 Å². The van der Waals surface area contributed by atoms with Crippen LogP contribution in [-0.2, 0) is 9.36 Å². The van der Waals surface area contributed by atoms with Gasteiger partial charge in [-0.3, -0.25) is 9.36 Å². The topological polar surface area (TPSA) is 74.6 Å². The highest BCUT2D eigenvalue weighted by Crippen LogP contribution is 2.39. The molecule has 0 fully saturated rings. The van der Waals surface area contributed by atoms with Crippen molar-refractivity contribution in [2.75, 3.05) is 0 Å². The molecule has 4 nitrogen and oxygen atoms in total. The first-order valence-corrected chi connectivity index (χ1v) is 4.60. The maximum Gasteiger partial charge on any atom is 0.391 e. The third kappa shape index (κ3) is 2.60. The molecular weight excluding hydrogens is 155 g/mol. The third-order valence-corrected chi connectivity index (χ3v) is 2.34. The molecule has 0 radical (unpaired) electrons. The van der Waals surface area contributed by atoms with Crippen molar-refractivity contribution < 1.29 is 19.1 Å². The van der Waals surface area contributed by atoms with E-state index < -0.39 is 19.0 Å². The smallest absolute Gasteiger partial charge is 0.319 e. The van der Waals surface area contributed by atoms with E-state index in [4.69, 9.17) is 9.79 Å². The molecule has 0 aromatic carbocycles. The molecule has 0 aromatic heterocycles. The van der Waals surface area contributed by atoms with Gasteiger partial charge >= 0.3 is 7.60 Å². The standard InChI is InChI=1S/C5H11O4P/c1-3-4(2)5(6)10(7,8)9/h4H,3H2,1-2H3,(H2,7,8,9). The Balaban J connectivity index is 4.24. The van der Waals surface area contributed by atoms with Crippen LogP contribution >= 0.6 is 7.60 Å². The Morgan fingerprint density at radius 2 is 2.00 bits per heavy atom. The molecule has 0 aliphatic heterocycles. The first kappa shape index (κ1) is 9.82. The number of hydrogen-bond donors (Lipinski definition) is 2. The minimum atomic E-state index is -4.47. The molecule has 0 aliphatic rings. The van der Waals surface area contributed by atoms with Crippen LogP contribution in [0.3, 0.4) is 0 Å². The molecular formula is C5H11O4P. The molecule has 0 rings (SSSR count). The minimum absolute atomic E-state index is 0.462. The minimum Gasteiger partial charge on any atom is -0.319 e. The van der Waals surface area contributed by atoms with Crippen LogP contribution < -0.4 is 0 Å². The Morgan fingerprint density at radius 1 is 1.60 bits per heavy atom. The van der Waals surface area contributed by atoms with Crippen LogP contribution in [0, 0.1) is 5.92 Å². The number of rotatable bonds is 3. The third-order valence-electron chi connectivity index (χ3n) is 1.32. The lowest BCUT2D eigenvalue weighted by atomic mass is 10.1. The van der Waals surface area contributed by atoms with Crippen molar-refractivity contribution >= 4 is 13.1 Å². The van der Waals surface area contributed by atoms with Crippen molar-refractivity contribution in [1.29, 1.82) is 0 Å². The van der Waals surface area contributed by atoms with Gasteiger partial charge in [-0.2, -0.15) is 0 Å². The van der Waals surface area contributed by atoms with Crippen molar-refractivity contribution in [2.24, 2.45) is 5.92 Å². The molecule has 0 aliphatic carbocycles. The lowest BCUT2D eigenvalue weighted by molar-refractivity contribution is -0.116. The van der Waals surface area contributed by atoms with Gasteiger partial charge in [-0.25, -0.2) is 0 Å². The summed E-state index contributed by atoms with van der Waals surface area (Å²) in [5, 5.41) is 0. The van der Waals surface area contributed by atoms with E-state index in [0.717, 1.165) is 0 Å². The molecule has 0 bridgehead atoms. The molecule has 0 saturated carbocycles. The summed E-state index contributed by atoms with van der Waals surface area (Å²) in [6.45, 7) is 3.21. The fraction of sp³-hybridized carbons (Fsp3) is 0.800. The molecule has 1 unspecified atom stereocenters. The molecule has 10 heavy (non-hydrogen) atoms. The van der Waals surface area contributed by atoms with Crippen molar-refractivity contribution in [3.05, 3.63) is 0 Å². The number of carbonyl (C=O) groups excluding carboxylic acids is 1. The molecule has 0 amide bonds. The summed E-state index contributed by atoms with van der Waals surface area (Å²) in [4.78, 5) is 27.3.